The number of benzene rings is 1. The maximum Gasteiger partial charge on any atom is 0.237 e. The lowest BCUT2D eigenvalue weighted by atomic mass is 9.95. The molecule has 0 fully saturated rings. The highest BCUT2D eigenvalue weighted by atomic mass is 79.9. The molecular weight excluding hydrogens is 358 g/mol. The van der Waals surface area contributed by atoms with Crippen LogP contribution in [0.25, 0.3) is 0 Å². The first-order valence-electron chi connectivity index (χ1n) is 7.64. The number of nitrogens with one attached hydrogen (secondary N) is 1. The number of carbonyl (C=O) groups is 1. The Labute approximate surface area is 144 Å². The van der Waals surface area contributed by atoms with Crippen LogP contribution in [0.3, 0.4) is 0 Å². The molecule has 122 valence electrons. The van der Waals surface area contributed by atoms with Crippen molar-refractivity contribution in [3.8, 4) is 5.75 Å². The molecule has 1 atom stereocenters. The number of allylic oxidation sites excluding steroid dienone is 2. The molecule has 23 heavy (non-hydrogen) atoms. The molecule has 0 bridgehead atoms. The fourth-order valence-corrected chi connectivity index (χ4v) is 3.72. The van der Waals surface area contributed by atoms with Gasteiger partial charge in [-0.05, 0) is 60.3 Å². The maximum absolute atomic E-state index is 12.2. The summed E-state index contributed by atoms with van der Waals surface area (Å²) in [6.45, 7) is 9.45. The largest absolute Gasteiger partial charge is 0.466 e. The van der Waals surface area contributed by atoms with E-state index in [-0.39, 0.29) is 5.78 Å². The summed E-state index contributed by atoms with van der Waals surface area (Å²) in [5.74, 6) is 2.30. The standard InChI is InChI=1S/C18H20BrNO3/c1-9(2)13-6-14(19)17-15(7-13)20-18(23-17)8-10(3)22-12(5)16(18)11(4)21/h6-9,20H,1-5H3/t18-/m0/s1. The van der Waals surface area contributed by atoms with Gasteiger partial charge in [-0.15, -0.1) is 0 Å². The van der Waals surface area contributed by atoms with Gasteiger partial charge >= 0.3 is 0 Å². The Bertz CT molecular complexity index is 764. The Morgan fingerprint density at radius 2 is 2.00 bits per heavy atom. The highest BCUT2D eigenvalue weighted by Gasteiger charge is 2.47. The number of Topliss-reactive ketones (excluding diaryl/α,β-unsaturated/α-hetero) is 1. The lowest BCUT2D eigenvalue weighted by Gasteiger charge is -2.32. The molecule has 2 aliphatic heterocycles. The van der Waals surface area contributed by atoms with E-state index in [9.17, 15) is 4.79 Å². The lowest BCUT2D eigenvalue weighted by molar-refractivity contribution is -0.115. The van der Waals surface area contributed by atoms with Gasteiger partial charge in [-0.3, -0.25) is 4.79 Å². The smallest absolute Gasteiger partial charge is 0.237 e. The molecule has 0 radical (unpaired) electrons. The molecule has 0 saturated heterocycles. The van der Waals surface area contributed by atoms with Crippen molar-refractivity contribution in [2.75, 3.05) is 5.32 Å². The quantitative estimate of drug-likeness (QED) is 0.798. The van der Waals surface area contributed by atoms with E-state index in [4.69, 9.17) is 9.47 Å². The normalized spacial score (nSPS) is 22.5. The van der Waals surface area contributed by atoms with Crippen LogP contribution >= 0.6 is 15.9 Å². The Balaban J connectivity index is 2.13. The molecule has 3 rings (SSSR count). The van der Waals surface area contributed by atoms with Gasteiger partial charge in [0.1, 0.15) is 17.1 Å². The molecule has 0 aromatic heterocycles. The van der Waals surface area contributed by atoms with Crippen LogP contribution in [0.1, 0.15) is 46.1 Å². The van der Waals surface area contributed by atoms with Crippen molar-refractivity contribution in [1.29, 1.82) is 0 Å². The van der Waals surface area contributed by atoms with E-state index in [1.54, 1.807) is 6.92 Å². The molecule has 1 aromatic rings. The van der Waals surface area contributed by atoms with E-state index in [0.717, 1.165) is 10.2 Å². The van der Waals surface area contributed by atoms with Crippen LogP contribution in [-0.4, -0.2) is 11.5 Å². The van der Waals surface area contributed by atoms with E-state index < -0.39 is 5.72 Å². The van der Waals surface area contributed by atoms with Gasteiger partial charge in [-0.25, -0.2) is 0 Å². The summed E-state index contributed by atoms with van der Waals surface area (Å²) in [5, 5.41) is 3.39. The number of anilines is 1. The van der Waals surface area contributed by atoms with Crippen LogP contribution in [0.5, 0.6) is 5.75 Å². The molecule has 1 spiro atoms. The van der Waals surface area contributed by atoms with Gasteiger partial charge in [-0.2, -0.15) is 0 Å². The first-order chi connectivity index (χ1) is 10.7. The molecule has 4 nitrogen and oxygen atoms in total. The van der Waals surface area contributed by atoms with E-state index in [1.165, 1.54) is 12.5 Å². The molecule has 1 N–H and O–H groups in total. The molecule has 1 aromatic carbocycles. The summed E-state index contributed by atoms with van der Waals surface area (Å²) in [7, 11) is 0. The zero-order chi connectivity index (χ0) is 16.9. The third-order valence-corrected chi connectivity index (χ3v) is 4.70. The molecule has 0 amide bonds. The summed E-state index contributed by atoms with van der Waals surface area (Å²) in [6, 6.07) is 4.13. The summed E-state index contributed by atoms with van der Waals surface area (Å²) in [6.07, 6.45) is 1.82. The zero-order valence-electron chi connectivity index (χ0n) is 13.9. The van der Waals surface area contributed by atoms with Crippen LogP contribution < -0.4 is 10.1 Å². The summed E-state index contributed by atoms with van der Waals surface area (Å²) in [4.78, 5) is 12.2. The number of halogens is 1. The van der Waals surface area contributed by atoms with Gasteiger partial charge in [0.25, 0.3) is 0 Å². The minimum atomic E-state index is -1.00. The molecular formula is C18H20BrNO3. The second kappa shape index (κ2) is 5.41. The highest BCUT2D eigenvalue weighted by Crippen LogP contribution is 2.48. The molecule has 2 aliphatic rings. The number of hydrogen-bond donors (Lipinski definition) is 1. The molecule has 2 heterocycles. The topological polar surface area (TPSA) is 47.6 Å². The van der Waals surface area contributed by atoms with Crippen molar-refractivity contribution in [3.63, 3.8) is 0 Å². The number of rotatable bonds is 2. The summed E-state index contributed by atoms with van der Waals surface area (Å²) >= 11 is 3.59. The number of hydrogen-bond acceptors (Lipinski definition) is 4. The minimum absolute atomic E-state index is 0.0771. The Morgan fingerprint density at radius 1 is 1.30 bits per heavy atom. The first kappa shape index (κ1) is 16.1. The van der Waals surface area contributed by atoms with Crippen molar-refractivity contribution in [2.24, 2.45) is 0 Å². The van der Waals surface area contributed by atoms with Crippen LogP contribution in [0, 0.1) is 0 Å². The Hall–Kier alpha value is -1.75. The van der Waals surface area contributed by atoms with Gasteiger partial charge < -0.3 is 14.8 Å². The number of carbonyl (C=O) groups excluding carboxylic acids is 1. The van der Waals surface area contributed by atoms with Crippen LogP contribution in [0.4, 0.5) is 5.69 Å². The van der Waals surface area contributed by atoms with Crippen LogP contribution in [0.15, 0.2) is 39.8 Å². The average molecular weight is 378 g/mol. The molecule has 0 unspecified atom stereocenters. The zero-order valence-corrected chi connectivity index (χ0v) is 15.5. The van der Waals surface area contributed by atoms with E-state index >= 15 is 0 Å². The van der Waals surface area contributed by atoms with Crippen molar-refractivity contribution in [2.45, 2.75) is 46.3 Å². The van der Waals surface area contributed by atoms with E-state index in [0.29, 0.717) is 28.8 Å². The van der Waals surface area contributed by atoms with E-state index in [1.807, 2.05) is 13.0 Å². The van der Waals surface area contributed by atoms with Crippen LogP contribution in [-0.2, 0) is 9.53 Å². The SMILES string of the molecule is CC(=O)C1=C(C)OC(C)=C[C@@]12Nc1cc(C(C)C)cc(Br)c1O2. The Morgan fingerprint density at radius 3 is 2.61 bits per heavy atom. The molecule has 0 saturated carbocycles. The number of ether oxygens (including phenoxy) is 2. The summed E-state index contributed by atoms with van der Waals surface area (Å²) < 4.78 is 12.7. The third kappa shape index (κ3) is 2.57. The highest BCUT2D eigenvalue weighted by molar-refractivity contribution is 9.10. The monoisotopic (exact) mass is 377 g/mol. The maximum atomic E-state index is 12.2. The van der Waals surface area contributed by atoms with Crippen molar-refractivity contribution in [1.82, 2.24) is 0 Å². The predicted octanol–water partition coefficient (Wildman–Crippen LogP) is 4.87. The second-order valence-electron chi connectivity index (χ2n) is 6.34. The predicted molar refractivity (Wildman–Crippen MR) is 93.4 cm³/mol. The fraction of sp³-hybridized carbons (Fsp3) is 0.389. The lowest BCUT2D eigenvalue weighted by Crippen LogP contribution is -2.45. The molecule has 0 aliphatic carbocycles. The number of fused-ring (bicyclic) bond motifs is 1. The van der Waals surface area contributed by atoms with Crippen molar-refractivity contribution < 1.29 is 14.3 Å². The second-order valence-corrected chi connectivity index (χ2v) is 7.20. The van der Waals surface area contributed by atoms with Crippen molar-refractivity contribution in [3.05, 3.63) is 45.3 Å². The van der Waals surface area contributed by atoms with Gasteiger partial charge in [0.15, 0.2) is 11.5 Å². The van der Waals surface area contributed by atoms with Crippen molar-refractivity contribution >= 4 is 27.4 Å². The average Bonchev–Trinajstić information content (AvgIpc) is 2.75. The van der Waals surface area contributed by atoms with E-state index in [2.05, 4.69) is 47.2 Å². The van der Waals surface area contributed by atoms with Crippen LogP contribution in [0.2, 0.25) is 0 Å². The number of ketones is 1. The fourth-order valence-electron chi connectivity index (χ4n) is 3.16. The Kier molecular flexibility index (Phi) is 3.79. The third-order valence-electron chi connectivity index (χ3n) is 4.11. The van der Waals surface area contributed by atoms with Gasteiger partial charge in [0, 0.05) is 6.08 Å². The first-order valence-corrected chi connectivity index (χ1v) is 8.43. The minimum Gasteiger partial charge on any atom is -0.466 e. The van der Waals surface area contributed by atoms with Gasteiger partial charge in [0.05, 0.1) is 10.2 Å². The van der Waals surface area contributed by atoms with Gasteiger partial charge in [-0.1, -0.05) is 13.8 Å². The summed E-state index contributed by atoms with van der Waals surface area (Å²) in [5.41, 5.74) is 1.57. The van der Waals surface area contributed by atoms with Gasteiger partial charge in [0.2, 0.25) is 5.72 Å². The molecule has 5 heteroatoms.